The monoisotopic (exact) mass is 439 g/mol. The zero-order valence-electron chi connectivity index (χ0n) is 16.7. The highest BCUT2D eigenvalue weighted by atomic mass is 19.3. The lowest BCUT2D eigenvalue weighted by atomic mass is 9.91. The molecule has 8 heteroatoms. The van der Waals surface area contributed by atoms with Gasteiger partial charge in [-0.25, -0.2) is 0 Å². The van der Waals surface area contributed by atoms with Crippen LogP contribution in [0.5, 0.6) is 5.75 Å². The highest BCUT2D eigenvalue weighted by Gasteiger charge is 2.25. The first-order valence-electron chi connectivity index (χ1n) is 9.59. The maximum Gasteiger partial charge on any atom is 0.387 e. The van der Waals surface area contributed by atoms with Crippen molar-refractivity contribution < 1.29 is 32.6 Å². The van der Waals surface area contributed by atoms with Gasteiger partial charge in [0, 0.05) is 5.56 Å². The Hall–Kier alpha value is -4.07. The number of benzene rings is 3. The summed E-state index contributed by atoms with van der Waals surface area (Å²) in [5, 5.41) is 2.09. The summed E-state index contributed by atoms with van der Waals surface area (Å²) in [4.78, 5) is 37.0. The molecule has 0 spiro atoms. The van der Waals surface area contributed by atoms with Crippen molar-refractivity contribution in [3.05, 3.63) is 102 Å². The van der Waals surface area contributed by atoms with E-state index in [0.717, 1.165) is 0 Å². The predicted molar refractivity (Wildman–Crippen MR) is 111 cm³/mol. The van der Waals surface area contributed by atoms with Gasteiger partial charge in [0.15, 0.2) is 6.61 Å². The SMILES string of the molecule is O=C(COC(=O)C(c1ccccc1)c1ccccc1)NC(=O)c1ccc(OC(F)F)cc1. The van der Waals surface area contributed by atoms with E-state index in [9.17, 15) is 23.2 Å². The van der Waals surface area contributed by atoms with Gasteiger partial charge in [0.2, 0.25) is 0 Å². The van der Waals surface area contributed by atoms with Gasteiger partial charge >= 0.3 is 12.6 Å². The molecule has 6 nitrogen and oxygen atoms in total. The third-order valence-corrected chi connectivity index (χ3v) is 4.44. The number of carbonyl (C=O) groups excluding carboxylic acids is 3. The van der Waals surface area contributed by atoms with Crippen molar-refractivity contribution in [2.45, 2.75) is 12.5 Å². The summed E-state index contributed by atoms with van der Waals surface area (Å²) in [5.41, 5.74) is 1.45. The summed E-state index contributed by atoms with van der Waals surface area (Å²) in [7, 11) is 0. The molecule has 0 atom stereocenters. The maximum atomic E-state index is 12.8. The standard InChI is InChI=1S/C24H19F2NO5/c25-24(26)32-19-13-11-18(12-14-19)22(29)27-20(28)15-31-23(30)21(16-7-3-1-4-8-16)17-9-5-2-6-10-17/h1-14,21,24H,15H2,(H,27,28,29). The molecule has 0 saturated carbocycles. The lowest BCUT2D eigenvalue weighted by molar-refractivity contribution is -0.148. The average molecular weight is 439 g/mol. The summed E-state index contributed by atoms with van der Waals surface area (Å²) in [6, 6.07) is 22.8. The van der Waals surface area contributed by atoms with Crippen LogP contribution in [0.15, 0.2) is 84.9 Å². The summed E-state index contributed by atoms with van der Waals surface area (Å²) in [5.74, 6) is -3.08. The summed E-state index contributed by atoms with van der Waals surface area (Å²) >= 11 is 0. The first kappa shape index (κ1) is 22.6. The first-order chi connectivity index (χ1) is 15.4. The fourth-order valence-electron chi connectivity index (χ4n) is 3.00. The smallest absolute Gasteiger partial charge is 0.387 e. The summed E-state index contributed by atoms with van der Waals surface area (Å²) < 4.78 is 33.7. The van der Waals surface area contributed by atoms with Crippen LogP contribution in [0.25, 0.3) is 0 Å². The van der Waals surface area contributed by atoms with E-state index in [1.165, 1.54) is 24.3 Å². The van der Waals surface area contributed by atoms with E-state index in [4.69, 9.17) is 4.74 Å². The Labute approximate surface area is 182 Å². The van der Waals surface area contributed by atoms with Gasteiger partial charge in [0.05, 0.1) is 0 Å². The lowest BCUT2D eigenvalue weighted by Gasteiger charge is -2.17. The van der Waals surface area contributed by atoms with E-state index in [1.54, 1.807) is 48.5 Å². The highest BCUT2D eigenvalue weighted by molar-refractivity contribution is 6.05. The Morgan fingerprint density at radius 3 is 1.81 bits per heavy atom. The Bertz CT molecular complexity index is 1020. The number of rotatable bonds is 8. The third kappa shape index (κ3) is 6.21. The molecule has 0 radical (unpaired) electrons. The Kier molecular flexibility index (Phi) is 7.64. The number of nitrogens with one attached hydrogen (secondary N) is 1. The molecule has 0 fully saturated rings. The number of esters is 1. The number of imide groups is 1. The van der Waals surface area contributed by atoms with Crippen LogP contribution in [0.2, 0.25) is 0 Å². The lowest BCUT2D eigenvalue weighted by Crippen LogP contribution is -2.34. The van der Waals surface area contributed by atoms with Crippen molar-refractivity contribution in [2.24, 2.45) is 0 Å². The van der Waals surface area contributed by atoms with Crippen LogP contribution < -0.4 is 10.1 Å². The molecule has 0 aliphatic carbocycles. The van der Waals surface area contributed by atoms with Gasteiger partial charge in [-0.1, -0.05) is 60.7 Å². The van der Waals surface area contributed by atoms with Crippen molar-refractivity contribution in [2.75, 3.05) is 6.61 Å². The second-order valence-electron chi connectivity index (χ2n) is 6.64. The van der Waals surface area contributed by atoms with Gasteiger partial charge in [-0.3, -0.25) is 19.7 Å². The molecule has 3 rings (SSSR count). The van der Waals surface area contributed by atoms with E-state index in [-0.39, 0.29) is 11.3 Å². The molecule has 0 unspecified atom stereocenters. The van der Waals surface area contributed by atoms with Crippen LogP contribution >= 0.6 is 0 Å². The number of hydrogen-bond donors (Lipinski definition) is 1. The molecule has 3 aromatic carbocycles. The molecule has 164 valence electrons. The summed E-state index contributed by atoms with van der Waals surface area (Å²) in [6.07, 6.45) is 0. The van der Waals surface area contributed by atoms with E-state index in [2.05, 4.69) is 10.1 Å². The molecular weight excluding hydrogens is 420 g/mol. The van der Waals surface area contributed by atoms with Crippen molar-refractivity contribution >= 4 is 17.8 Å². The van der Waals surface area contributed by atoms with Gasteiger partial charge < -0.3 is 9.47 Å². The van der Waals surface area contributed by atoms with Crippen LogP contribution in [0.1, 0.15) is 27.4 Å². The minimum Gasteiger partial charge on any atom is -0.455 e. The fourth-order valence-corrected chi connectivity index (χ4v) is 3.00. The Balaban J connectivity index is 1.60. The fraction of sp³-hybridized carbons (Fsp3) is 0.125. The molecule has 2 amide bonds. The molecule has 1 N–H and O–H groups in total. The first-order valence-corrected chi connectivity index (χ1v) is 9.59. The van der Waals surface area contributed by atoms with E-state index in [0.29, 0.717) is 11.1 Å². The van der Waals surface area contributed by atoms with Crippen molar-refractivity contribution in [1.82, 2.24) is 5.32 Å². The summed E-state index contributed by atoms with van der Waals surface area (Å²) in [6.45, 7) is -3.64. The van der Waals surface area contributed by atoms with E-state index in [1.807, 2.05) is 12.1 Å². The molecule has 32 heavy (non-hydrogen) atoms. The second-order valence-corrected chi connectivity index (χ2v) is 6.64. The number of alkyl halides is 2. The molecule has 0 heterocycles. The quantitative estimate of drug-likeness (QED) is 0.538. The molecule has 0 bridgehead atoms. The number of hydrogen-bond acceptors (Lipinski definition) is 5. The van der Waals surface area contributed by atoms with Gasteiger partial charge in [0.1, 0.15) is 11.7 Å². The molecular formula is C24H19F2NO5. The molecule has 3 aromatic rings. The molecule has 0 aliphatic heterocycles. The minimum atomic E-state index is -2.98. The van der Waals surface area contributed by atoms with Gasteiger partial charge in [-0.15, -0.1) is 0 Å². The molecule has 0 aromatic heterocycles. The van der Waals surface area contributed by atoms with E-state index >= 15 is 0 Å². The largest absolute Gasteiger partial charge is 0.455 e. The van der Waals surface area contributed by atoms with Crippen LogP contribution in [-0.2, 0) is 14.3 Å². The van der Waals surface area contributed by atoms with Gasteiger partial charge in [0.25, 0.3) is 11.8 Å². The van der Waals surface area contributed by atoms with Crippen LogP contribution in [0.4, 0.5) is 8.78 Å². The second kappa shape index (κ2) is 10.8. The zero-order chi connectivity index (χ0) is 22.9. The average Bonchev–Trinajstić information content (AvgIpc) is 2.79. The van der Waals surface area contributed by atoms with Gasteiger partial charge in [-0.2, -0.15) is 8.78 Å². The highest BCUT2D eigenvalue weighted by Crippen LogP contribution is 2.25. The van der Waals surface area contributed by atoms with Crippen molar-refractivity contribution in [1.29, 1.82) is 0 Å². The molecule has 0 saturated heterocycles. The molecule has 0 aliphatic rings. The number of amides is 2. The minimum absolute atomic E-state index is 0.0535. The Morgan fingerprint density at radius 2 is 1.31 bits per heavy atom. The van der Waals surface area contributed by atoms with Crippen LogP contribution in [-0.4, -0.2) is 31.0 Å². The third-order valence-electron chi connectivity index (χ3n) is 4.44. The van der Waals surface area contributed by atoms with Crippen LogP contribution in [0, 0.1) is 0 Å². The number of carbonyl (C=O) groups is 3. The van der Waals surface area contributed by atoms with E-state index < -0.39 is 36.9 Å². The topological polar surface area (TPSA) is 81.7 Å². The van der Waals surface area contributed by atoms with Crippen molar-refractivity contribution in [3.63, 3.8) is 0 Å². The zero-order valence-corrected chi connectivity index (χ0v) is 16.7. The number of ether oxygens (including phenoxy) is 2. The Morgan fingerprint density at radius 1 is 0.781 bits per heavy atom. The maximum absolute atomic E-state index is 12.8. The van der Waals surface area contributed by atoms with Gasteiger partial charge in [-0.05, 0) is 35.4 Å². The normalized spacial score (nSPS) is 10.6. The van der Waals surface area contributed by atoms with Crippen LogP contribution in [0.3, 0.4) is 0 Å². The predicted octanol–water partition coefficient (Wildman–Crippen LogP) is 3.92. The van der Waals surface area contributed by atoms with Crippen molar-refractivity contribution in [3.8, 4) is 5.75 Å². The number of halogens is 2.